The van der Waals surface area contributed by atoms with Gasteiger partial charge in [-0.25, -0.2) is 23.3 Å². The molecule has 0 amide bonds. The Labute approximate surface area is 188 Å². The Morgan fingerprint density at radius 3 is 2.97 bits per heavy atom. The molecule has 0 radical (unpaired) electrons. The van der Waals surface area contributed by atoms with Gasteiger partial charge in [0, 0.05) is 48.6 Å². The maximum atomic E-state index is 14.9. The average Bonchev–Trinajstić information content (AvgIpc) is 3.37. The second-order valence-corrected chi connectivity index (χ2v) is 8.28. The third kappa shape index (κ3) is 3.45. The Balaban J connectivity index is 1.33. The molecule has 1 atom stereocenters. The Bertz CT molecular complexity index is 1370. The summed E-state index contributed by atoms with van der Waals surface area (Å²) < 4.78 is 52.0. The Morgan fingerprint density at radius 2 is 2.21 bits per heavy atom. The zero-order valence-corrected chi connectivity index (χ0v) is 17.8. The zero-order valence-electron chi connectivity index (χ0n) is 18.8. The molecule has 4 aromatic heterocycles. The molecule has 6 heterocycles. The third-order valence-corrected chi connectivity index (χ3v) is 6.22. The lowest BCUT2D eigenvalue weighted by Crippen LogP contribution is -2.61. The Kier molecular flexibility index (Phi) is 4.40. The van der Waals surface area contributed by atoms with Crippen molar-refractivity contribution >= 4 is 17.2 Å². The minimum atomic E-state index is -2.98. The smallest absolute Gasteiger partial charge is 0.280 e. The molecule has 6 rings (SSSR count). The van der Waals surface area contributed by atoms with Crippen molar-refractivity contribution in [2.75, 3.05) is 38.7 Å². The maximum Gasteiger partial charge on any atom is 0.280 e. The van der Waals surface area contributed by atoms with Crippen LogP contribution in [0.15, 0.2) is 37.0 Å². The van der Waals surface area contributed by atoms with Crippen LogP contribution in [0.4, 0.5) is 14.7 Å². The fourth-order valence-corrected chi connectivity index (χ4v) is 4.35. The molecule has 172 valence electrons. The number of rotatable bonds is 5. The van der Waals surface area contributed by atoms with Gasteiger partial charge in [0.05, 0.1) is 40.3 Å². The van der Waals surface area contributed by atoms with E-state index in [1.807, 2.05) is 6.20 Å². The first-order chi connectivity index (χ1) is 16.4. The number of fused-ring (bicyclic) bond motifs is 2. The standard InChI is InChI=1S/C21H22F2N8O2/c1-32-18-17-15(13-8-25-20-24-4-7-29(20)9-13)2-6-31(17)28-19(27-18)26-16-3-5-30(12-21(16,22)23)14-10-33-11-14/h2,4,6-9,14,16H,3,5,10-12H2,1H3,(H,26,28)/t16-/m1/s1/i6D. The van der Waals surface area contributed by atoms with Crippen molar-refractivity contribution < 1.29 is 19.6 Å². The molecule has 10 nitrogen and oxygen atoms in total. The molecule has 0 aliphatic carbocycles. The molecule has 2 aliphatic rings. The van der Waals surface area contributed by atoms with Gasteiger partial charge in [-0.05, 0) is 12.5 Å². The van der Waals surface area contributed by atoms with Gasteiger partial charge in [0.15, 0.2) is 0 Å². The number of methoxy groups -OCH3 is 1. The van der Waals surface area contributed by atoms with Crippen LogP contribution in [0.5, 0.6) is 5.88 Å². The summed E-state index contributed by atoms with van der Waals surface area (Å²) in [6.07, 6.45) is 7.17. The second-order valence-electron chi connectivity index (χ2n) is 8.28. The van der Waals surface area contributed by atoms with Crippen LogP contribution in [-0.4, -0.2) is 85.3 Å². The molecule has 0 spiro atoms. The zero-order chi connectivity index (χ0) is 23.4. The summed E-state index contributed by atoms with van der Waals surface area (Å²) >= 11 is 0. The molecule has 12 heteroatoms. The Hall–Kier alpha value is -3.38. The second kappa shape index (κ2) is 7.59. The molecular formula is C21H22F2N8O2. The van der Waals surface area contributed by atoms with E-state index < -0.39 is 12.0 Å². The van der Waals surface area contributed by atoms with Crippen molar-refractivity contribution in [3.05, 3.63) is 37.0 Å². The van der Waals surface area contributed by atoms with Gasteiger partial charge in [-0.3, -0.25) is 9.30 Å². The number of likely N-dealkylation sites (tertiary alicyclic amines) is 1. The summed E-state index contributed by atoms with van der Waals surface area (Å²) in [7, 11) is 1.44. The maximum absolute atomic E-state index is 14.9. The number of hydrogen-bond donors (Lipinski definition) is 1. The first-order valence-corrected chi connectivity index (χ1v) is 10.6. The van der Waals surface area contributed by atoms with Crippen molar-refractivity contribution in [2.45, 2.75) is 24.4 Å². The van der Waals surface area contributed by atoms with Crippen molar-refractivity contribution in [3.63, 3.8) is 0 Å². The van der Waals surface area contributed by atoms with Gasteiger partial charge in [0.1, 0.15) is 5.52 Å². The summed E-state index contributed by atoms with van der Waals surface area (Å²) in [6, 6.07) is 0.535. The topological polar surface area (TPSA) is 94.1 Å². The van der Waals surface area contributed by atoms with Gasteiger partial charge in [0.2, 0.25) is 17.6 Å². The van der Waals surface area contributed by atoms with Crippen LogP contribution < -0.4 is 10.1 Å². The van der Waals surface area contributed by atoms with E-state index in [0.29, 0.717) is 42.2 Å². The molecule has 1 N–H and O–H groups in total. The van der Waals surface area contributed by atoms with Gasteiger partial charge in [-0.1, -0.05) is 0 Å². The van der Waals surface area contributed by atoms with Crippen LogP contribution in [0.25, 0.3) is 22.4 Å². The van der Waals surface area contributed by atoms with E-state index in [1.165, 1.54) is 11.6 Å². The van der Waals surface area contributed by atoms with Crippen LogP contribution in [0.1, 0.15) is 7.79 Å². The molecule has 0 unspecified atom stereocenters. The molecule has 4 aromatic rings. The molecular weight excluding hydrogens is 434 g/mol. The number of nitrogens with one attached hydrogen (secondary N) is 1. The Morgan fingerprint density at radius 1 is 1.33 bits per heavy atom. The lowest BCUT2D eigenvalue weighted by molar-refractivity contribution is -0.131. The molecule has 2 fully saturated rings. The predicted octanol–water partition coefficient (Wildman–Crippen LogP) is 1.97. The number of alkyl halides is 2. The molecule has 0 bridgehead atoms. The minimum absolute atomic E-state index is 0.0201. The van der Waals surface area contributed by atoms with Crippen molar-refractivity contribution in [1.82, 2.24) is 33.9 Å². The van der Waals surface area contributed by atoms with E-state index in [1.54, 1.807) is 34.0 Å². The number of piperidine rings is 1. The SMILES string of the molecule is [2H]c1cc(-c2cnc3nccn3c2)c2c(OC)nc(N[C@@H]3CCN(C4COC4)CC3(F)F)nn12. The highest BCUT2D eigenvalue weighted by molar-refractivity contribution is 5.84. The predicted molar refractivity (Wildman–Crippen MR) is 115 cm³/mol. The van der Waals surface area contributed by atoms with Gasteiger partial charge in [0.25, 0.3) is 5.92 Å². The quantitative estimate of drug-likeness (QED) is 0.486. The van der Waals surface area contributed by atoms with E-state index in [2.05, 4.69) is 25.4 Å². The summed E-state index contributed by atoms with van der Waals surface area (Å²) in [6.45, 7) is 1.17. The first kappa shape index (κ1) is 19.1. The molecule has 0 aromatic carbocycles. The van der Waals surface area contributed by atoms with Crippen LogP contribution in [-0.2, 0) is 4.74 Å². The van der Waals surface area contributed by atoms with Crippen LogP contribution >= 0.6 is 0 Å². The molecule has 0 saturated carbocycles. The number of anilines is 1. The third-order valence-electron chi connectivity index (χ3n) is 6.22. The monoisotopic (exact) mass is 457 g/mol. The normalized spacial score (nSPS) is 21.8. The molecule has 2 aliphatic heterocycles. The first-order valence-electron chi connectivity index (χ1n) is 11.1. The fraction of sp³-hybridized carbons (Fsp3) is 0.429. The van der Waals surface area contributed by atoms with Gasteiger partial charge in [-0.15, -0.1) is 5.10 Å². The number of imidazole rings is 1. The summed E-state index contributed by atoms with van der Waals surface area (Å²) in [5.74, 6) is -2.28. The van der Waals surface area contributed by atoms with Crippen molar-refractivity contribution in [2.24, 2.45) is 0 Å². The van der Waals surface area contributed by atoms with E-state index >= 15 is 0 Å². The number of halogens is 2. The highest BCUT2D eigenvalue weighted by atomic mass is 19.3. The number of ether oxygens (including phenoxy) is 2. The summed E-state index contributed by atoms with van der Waals surface area (Å²) in [5, 5.41) is 7.13. The van der Waals surface area contributed by atoms with E-state index in [-0.39, 0.29) is 37.0 Å². The number of nitrogens with zero attached hydrogens (tertiary/aromatic N) is 7. The summed E-state index contributed by atoms with van der Waals surface area (Å²) in [5.41, 5.74) is 1.80. The van der Waals surface area contributed by atoms with Crippen LogP contribution in [0, 0.1) is 0 Å². The van der Waals surface area contributed by atoms with Crippen molar-refractivity contribution in [1.29, 1.82) is 0 Å². The van der Waals surface area contributed by atoms with Gasteiger partial charge in [-0.2, -0.15) is 4.98 Å². The highest BCUT2D eigenvalue weighted by Gasteiger charge is 2.47. The van der Waals surface area contributed by atoms with E-state index in [0.717, 1.165) is 0 Å². The fourth-order valence-electron chi connectivity index (χ4n) is 4.35. The van der Waals surface area contributed by atoms with Crippen LogP contribution in [0.2, 0.25) is 0 Å². The average molecular weight is 457 g/mol. The lowest BCUT2D eigenvalue weighted by Gasteiger charge is -2.44. The van der Waals surface area contributed by atoms with Crippen molar-refractivity contribution in [3.8, 4) is 17.0 Å². The van der Waals surface area contributed by atoms with Gasteiger partial charge < -0.3 is 14.8 Å². The molecule has 2 saturated heterocycles. The lowest BCUT2D eigenvalue weighted by atomic mass is 9.98. The minimum Gasteiger partial charge on any atom is -0.479 e. The number of aromatic nitrogens is 6. The molecule has 33 heavy (non-hydrogen) atoms. The van der Waals surface area contributed by atoms with Gasteiger partial charge >= 0.3 is 0 Å². The van der Waals surface area contributed by atoms with E-state index in [4.69, 9.17) is 10.8 Å². The van der Waals surface area contributed by atoms with E-state index in [9.17, 15) is 8.78 Å². The highest BCUT2D eigenvalue weighted by Crippen LogP contribution is 2.34. The van der Waals surface area contributed by atoms with Crippen LogP contribution in [0.3, 0.4) is 0 Å². The summed E-state index contributed by atoms with van der Waals surface area (Å²) in [4.78, 5) is 14.6. The largest absolute Gasteiger partial charge is 0.479 e. The number of hydrogen-bond acceptors (Lipinski definition) is 8.